The quantitative estimate of drug-likeness (QED) is 0.795. The number of halogens is 3. The Bertz CT molecular complexity index is 505. The molecule has 2 aliphatic rings. The first kappa shape index (κ1) is 25.1. The molecule has 2 fully saturated rings. The van der Waals surface area contributed by atoms with Gasteiger partial charge in [0, 0.05) is 12.7 Å². The second kappa shape index (κ2) is 13.3. The van der Waals surface area contributed by atoms with Crippen LogP contribution in [0.2, 0.25) is 0 Å². The molecule has 0 aromatic carbocycles. The van der Waals surface area contributed by atoms with Crippen molar-refractivity contribution in [2.75, 3.05) is 26.2 Å². The van der Waals surface area contributed by atoms with E-state index in [9.17, 15) is 4.79 Å². The summed E-state index contributed by atoms with van der Waals surface area (Å²) in [5.41, 5.74) is 0. The Morgan fingerprint density at radius 2 is 1.96 bits per heavy atom. The van der Waals surface area contributed by atoms with Crippen LogP contribution in [-0.2, 0) is 4.74 Å². The lowest BCUT2D eigenvalue weighted by Gasteiger charge is -2.36. The maximum atomic E-state index is 12.5. The highest BCUT2D eigenvalue weighted by atomic mass is 35.5. The fraction of sp³-hybridized carbons (Fsp3) is 0.647. The third-order valence-electron chi connectivity index (χ3n) is 4.49. The molecule has 1 aromatic heterocycles. The maximum Gasteiger partial charge on any atom is 0.410 e. The van der Waals surface area contributed by atoms with Gasteiger partial charge in [0.2, 0.25) is 0 Å². The monoisotopic (exact) mass is 427 g/mol. The Morgan fingerprint density at radius 1 is 1.19 bits per heavy atom. The van der Waals surface area contributed by atoms with Crippen molar-refractivity contribution < 1.29 is 14.3 Å². The van der Waals surface area contributed by atoms with Crippen LogP contribution in [0.1, 0.15) is 32.1 Å². The van der Waals surface area contributed by atoms with Gasteiger partial charge in [-0.25, -0.2) is 4.79 Å². The zero-order chi connectivity index (χ0) is 15.9. The smallest absolute Gasteiger partial charge is 0.410 e. The van der Waals surface area contributed by atoms with Crippen molar-refractivity contribution in [3.63, 3.8) is 0 Å². The number of nitrogens with one attached hydrogen (secondary N) is 1. The van der Waals surface area contributed by atoms with Crippen LogP contribution in [-0.4, -0.2) is 54.4 Å². The van der Waals surface area contributed by atoms with Crippen LogP contribution in [0.25, 0.3) is 0 Å². The molecule has 0 aliphatic carbocycles. The molecule has 1 amide bonds. The number of hydrogen-bond donors (Lipinski definition) is 1. The van der Waals surface area contributed by atoms with Gasteiger partial charge in [0.1, 0.15) is 18.5 Å². The van der Waals surface area contributed by atoms with E-state index in [0.29, 0.717) is 6.61 Å². The number of carbonyl (C=O) groups excluding carboxylic acids is 1. The SMILES string of the molecule is Cl.Cl.Cl.O=C(OC1CCNCC1)N1CCCCC1COc1cccnc1. The molecule has 2 saturated heterocycles. The molecule has 3 rings (SSSR count). The summed E-state index contributed by atoms with van der Waals surface area (Å²) in [6.45, 7) is 3.09. The number of piperidine rings is 2. The van der Waals surface area contributed by atoms with Crippen LogP contribution in [0, 0.1) is 0 Å². The van der Waals surface area contributed by atoms with Crippen molar-refractivity contribution in [2.45, 2.75) is 44.2 Å². The number of aromatic nitrogens is 1. The van der Waals surface area contributed by atoms with Gasteiger partial charge in [0.15, 0.2) is 0 Å². The van der Waals surface area contributed by atoms with Gasteiger partial charge >= 0.3 is 6.09 Å². The number of amides is 1. The zero-order valence-electron chi connectivity index (χ0n) is 14.7. The van der Waals surface area contributed by atoms with E-state index in [1.165, 1.54) is 0 Å². The van der Waals surface area contributed by atoms with E-state index in [0.717, 1.165) is 57.5 Å². The van der Waals surface area contributed by atoms with Gasteiger partial charge in [-0.1, -0.05) is 0 Å². The number of carbonyl (C=O) groups is 1. The molecule has 6 nitrogen and oxygen atoms in total. The second-order valence-electron chi connectivity index (χ2n) is 6.18. The van der Waals surface area contributed by atoms with Crippen molar-refractivity contribution in [1.82, 2.24) is 15.2 Å². The van der Waals surface area contributed by atoms with E-state index < -0.39 is 0 Å². The first-order valence-corrected chi connectivity index (χ1v) is 8.54. The third-order valence-corrected chi connectivity index (χ3v) is 4.49. The lowest BCUT2D eigenvalue weighted by molar-refractivity contribution is 0.0227. The first-order valence-electron chi connectivity index (χ1n) is 8.54. The predicted octanol–water partition coefficient (Wildman–Crippen LogP) is 3.47. The zero-order valence-corrected chi connectivity index (χ0v) is 17.1. The minimum absolute atomic E-state index is 0. The maximum absolute atomic E-state index is 12.5. The Hall–Kier alpha value is -0.950. The van der Waals surface area contributed by atoms with Crippen molar-refractivity contribution in [3.05, 3.63) is 24.5 Å². The van der Waals surface area contributed by atoms with Crippen LogP contribution in [0.5, 0.6) is 5.75 Å². The van der Waals surface area contributed by atoms with Gasteiger partial charge in [0.05, 0.1) is 12.2 Å². The highest BCUT2D eigenvalue weighted by Crippen LogP contribution is 2.21. The summed E-state index contributed by atoms with van der Waals surface area (Å²) in [7, 11) is 0. The van der Waals surface area contributed by atoms with E-state index in [1.54, 1.807) is 12.4 Å². The molecule has 3 heterocycles. The molecular formula is C17H28Cl3N3O3. The van der Waals surface area contributed by atoms with Gasteiger partial charge in [-0.15, -0.1) is 37.2 Å². The first-order chi connectivity index (χ1) is 11.3. The molecule has 0 spiro atoms. The molecule has 2 aliphatic heterocycles. The molecule has 9 heteroatoms. The normalized spacial score (nSPS) is 20.0. The topological polar surface area (TPSA) is 63.7 Å². The number of likely N-dealkylation sites (tertiary alicyclic amines) is 1. The van der Waals surface area contributed by atoms with E-state index >= 15 is 0 Å². The minimum Gasteiger partial charge on any atom is -0.490 e. The number of nitrogens with zero attached hydrogens (tertiary/aromatic N) is 2. The molecule has 0 bridgehead atoms. The summed E-state index contributed by atoms with van der Waals surface area (Å²) in [4.78, 5) is 18.4. The molecule has 1 unspecified atom stereocenters. The van der Waals surface area contributed by atoms with Gasteiger partial charge in [-0.3, -0.25) is 4.98 Å². The highest BCUT2D eigenvalue weighted by Gasteiger charge is 2.30. The highest BCUT2D eigenvalue weighted by molar-refractivity contribution is 5.86. The lowest BCUT2D eigenvalue weighted by Crippen LogP contribution is -2.48. The summed E-state index contributed by atoms with van der Waals surface area (Å²) in [6.07, 6.45) is 8.19. The van der Waals surface area contributed by atoms with Crippen molar-refractivity contribution >= 4 is 43.3 Å². The van der Waals surface area contributed by atoms with Crippen molar-refractivity contribution in [1.29, 1.82) is 0 Å². The van der Waals surface area contributed by atoms with Crippen LogP contribution in [0.4, 0.5) is 4.79 Å². The number of ether oxygens (including phenoxy) is 2. The molecule has 0 radical (unpaired) electrons. The molecule has 0 saturated carbocycles. The van der Waals surface area contributed by atoms with Crippen molar-refractivity contribution in [3.8, 4) is 5.75 Å². The van der Waals surface area contributed by atoms with E-state index in [2.05, 4.69) is 10.3 Å². The molecule has 1 atom stereocenters. The average Bonchev–Trinajstić information content (AvgIpc) is 2.62. The number of hydrogen-bond acceptors (Lipinski definition) is 5. The van der Waals surface area contributed by atoms with Crippen LogP contribution in [0.15, 0.2) is 24.5 Å². The van der Waals surface area contributed by atoms with Gasteiger partial charge in [0.25, 0.3) is 0 Å². The Labute approximate surface area is 173 Å². The summed E-state index contributed by atoms with van der Waals surface area (Å²) in [5.74, 6) is 0.741. The summed E-state index contributed by atoms with van der Waals surface area (Å²) in [5, 5.41) is 3.28. The number of rotatable bonds is 4. The second-order valence-corrected chi connectivity index (χ2v) is 6.18. The van der Waals surface area contributed by atoms with E-state index in [1.807, 2.05) is 17.0 Å². The molecule has 1 aromatic rings. The minimum atomic E-state index is -0.184. The Morgan fingerprint density at radius 3 is 2.65 bits per heavy atom. The standard InChI is InChI=1S/C17H25N3O3.3ClH/c21-17(23-15-6-9-18-10-7-15)20-11-2-1-4-14(20)13-22-16-5-3-8-19-12-16;;;/h3,5,8,12,14-15,18H,1-2,4,6-7,9-11,13H2;3*1H. The van der Waals surface area contributed by atoms with Crippen LogP contribution >= 0.6 is 37.2 Å². The average molecular weight is 429 g/mol. The third kappa shape index (κ3) is 7.35. The molecule has 1 N–H and O–H groups in total. The van der Waals surface area contributed by atoms with Crippen LogP contribution in [0.3, 0.4) is 0 Å². The summed E-state index contributed by atoms with van der Waals surface area (Å²) >= 11 is 0. The molecule has 150 valence electrons. The van der Waals surface area contributed by atoms with Gasteiger partial charge in [-0.2, -0.15) is 0 Å². The van der Waals surface area contributed by atoms with Crippen LogP contribution < -0.4 is 10.1 Å². The summed E-state index contributed by atoms with van der Waals surface area (Å²) in [6, 6.07) is 3.81. The fourth-order valence-corrected chi connectivity index (χ4v) is 3.16. The fourth-order valence-electron chi connectivity index (χ4n) is 3.16. The Balaban J connectivity index is 0.00000208. The van der Waals surface area contributed by atoms with E-state index in [-0.39, 0.29) is 55.5 Å². The largest absolute Gasteiger partial charge is 0.490 e. The van der Waals surface area contributed by atoms with Gasteiger partial charge < -0.3 is 19.7 Å². The van der Waals surface area contributed by atoms with Gasteiger partial charge in [-0.05, 0) is 57.3 Å². The van der Waals surface area contributed by atoms with Crippen molar-refractivity contribution in [2.24, 2.45) is 0 Å². The van der Waals surface area contributed by atoms with E-state index in [4.69, 9.17) is 9.47 Å². The molecule has 26 heavy (non-hydrogen) atoms. The lowest BCUT2D eigenvalue weighted by atomic mass is 10.0. The summed E-state index contributed by atoms with van der Waals surface area (Å²) < 4.78 is 11.5. The number of pyridine rings is 1. The molecular weight excluding hydrogens is 401 g/mol. The Kier molecular flexibility index (Phi) is 12.8. The predicted molar refractivity (Wildman–Crippen MR) is 108 cm³/mol.